The molecule has 2 rings (SSSR count). The third kappa shape index (κ3) is 1.81. The van der Waals surface area contributed by atoms with Gasteiger partial charge in [-0.2, -0.15) is 5.26 Å². The molecule has 1 aromatic carbocycles. The van der Waals surface area contributed by atoms with Crippen molar-refractivity contribution in [1.82, 2.24) is 0 Å². The summed E-state index contributed by atoms with van der Waals surface area (Å²) in [5.41, 5.74) is 5.48. The van der Waals surface area contributed by atoms with Crippen LogP contribution in [0.2, 0.25) is 0 Å². The number of likely N-dealkylation sites (tertiary alicyclic amines) is 1. The maximum atomic E-state index is 9.05. The Kier molecular flexibility index (Phi) is 2.94. The summed E-state index contributed by atoms with van der Waals surface area (Å²) < 4.78 is 0.266. The van der Waals surface area contributed by atoms with Crippen LogP contribution in [-0.2, 0) is 0 Å². The SMILES string of the molecule is C=C[N-][N+]1(C(=N)c2ccccc2C#N)CCC1. The van der Waals surface area contributed by atoms with Crippen LogP contribution >= 0.6 is 0 Å². The van der Waals surface area contributed by atoms with Crippen LogP contribution in [0.4, 0.5) is 0 Å². The Morgan fingerprint density at radius 1 is 1.47 bits per heavy atom. The van der Waals surface area contributed by atoms with Crippen LogP contribution in [0.3, 0.4) is 0 Å². The number of hydrogen-bond acceptors (Lipinski definition) is 2. The maximum Gasteiger partial charge on any atom is 0.223 e. The number of rotatable bonds is 3. The number of nitrogens with one attached hydrogen (secondary N) is 1. The Morgan fingerprint density at radius 3 is 2.71 bits per heavy atom. The second kappa shape index (κ2) is 4.40. The van der Waals surface area contributed by atoms with E-state index in [0.717, 1.165) is 19.5 Å². The van der Waals surface area contributed by atoms with Crippen LogP contribution in [0.15, 0.2) is 37.0 Å². The van der Waals surface area contributed by atoms with Crippen LogP contribution in [0, 0.1) is 16.7 Å². The molecule has 0 atom stereocenters. The van der Waals surface area contributed by atoms with Gasteiger partial charge in [-0.15, -0.1) is 12.8 Å². The van der Waals surface area contributed by atoms with E-state index in [1.165, 1.54) is 6.20 Å². The topological polar surface area (TPSA) is 61.7 Å². The fourth-order valence-corrected chi connectivity index (χ4v) is 2.02. The summed E-state index contributed by atoms with van der Waals surface area (Å²) in [6.07, 6.45) is 2.54. The summed E-state index contributed by atoms with van der Waals surface area (Å²) in [5, 5.41) is 17.3. The third-order valence-electron chi connectivity index (χ3n) is 3.08. The van der Waals surface area contributed by atoms with Crippen LogP contribution in [0.1, 0.15) is 17.5 Å². The highest BCUT2D eigenvalue weighted by molar-refractivity contribution is 5.94. The van der Waals surface area contributed by atoms with Crippen molar-refractivity contribution in [1.29, 1.82) is 10.7 Å². The van der Waals surface area contributed by atoms with E-state index in [1.807, 2.05) is 6.07 Å². The van der Waals surface area contributed by atoms with Gasteiger partial charge in [0.05, 0.1) is 24.2 Å². The fraction of sp³-hybridized carbons (Fsp3) is 0.231. The Labute approximate surface area is 101 Å². The van der Waals surface area contributed by atoms with Gasteiger partial charge in [0.2, 0.25) is 5.84 Å². The predicted octanol–water partition coefficient (Wildman–Crippen LogP) is 2.54. The van der Waals surface area contributed by atoms with E-state index in [-0.39, 0.29) is 4.59 Å². The zero-order chi connectivity index (χ0) is 12.3. The lowest BCUT2D eigenvalue weighted by molar-refractivity contribution is -0.843. The van der Waals surface area contributed by atoms with E-state index in [1.54, 1.807) is 18.2 Å². The molecule has 0 aromatic heterocycles. The Morgan fingerprint density at radius 2 is 2.18 bits per heavy atom. The zero-order valence-electron chi connectivity index (χ0n) is 9.56. The van der Waals surface area contributed by atoms with E-state index >= 15 is 0 Å². The molecule has 0 radical (unpaired) electrons. The van der Waals surface area contributed by atoms with Crippen LogP contribution in [-0.4, -0.2) is 23.5 Å². The van der Waals surface area contributed by atoms with Gasteiger partial charge in [0.1, 0.15) is 6.07 Å². The van der Waals surface area contributed by atoms with Crippen molar-refractivity contribution in [2.75, 3.05) is 13.1 Å². The molecule has 0 aliphatic carbocycles. The van der Waals surface area contributed by atoms with Crippen molar-refractivity contribution in [2.45, 2.75) is 6.42 Å². The van der Waals surface area contributed by atoms with Gasteiger partial charge in [-0.1, -0.05) is 12.1 Å². The summed E-state index contributed by atoms with van der Waals surface area (Å²) in [7, 11) is 0. The average Bonchev–Trinajstić information content (AvgIpc) is 2.33. The lowest BCUT2D eigenvalue weighted by Crippen LogP contribution is -2.58. The number of quaternary nitrogens is 1. The van der Waals surface area contributed by atoms with Crippen molar-refractivity contribution in [3.63, 3.8) is 0 Å². The lowest BCUT2D eigenvalue weighted by atomic mass is 10.0. The molecule has 0 amide bonds. The van der Waals surface area contributed by atoms with Gasteiger partial charge < -0.3 is 10.0 Å². The Balaban J connectivity index is 2.37. The van der Waals surface area contributed by atoms with E-state index in [0.29, 0.717) is 17.0 Å². The molecule has 4 nitrogen and oxygen atoms in total. The molecular weight excluding hydrogens is 212 g/mol. The number of benzene rings is 1. The van der Waals surface area contributed by atoms with Crippen molar-refractivity contribution in [3.8, 4) is 6.07 Å². The third-order valence-corrected chi connectivity index (χ3v) is 3.08. The first-order valence-electron chi connectivity index (χ1n) is 5.52. The average molecular weight is 226 g/mol. The molecule has 86 valence electrons. The summed E-state index contributed by atoms with van der Waals surface area (Å²) in [6.45, 7) is 5.22. The summed E-state index contributed by atoms with van der Waals surface area (Å²) in [4.78, 5) is 0. The minimum absolute atomic E-state index is 0.266. The Bertz CT molecular complexity index is 494. The number of amidine groups is 1. The highest BCUT2D eigenvalue weighted by Crippen LogP contribution is 2.29. The van der Waals surface area contributed by atoms with Crippen molar-refractivity contribution < 1.29 is 4.59 Å². The highest BCUT2D eigenvalue weighted by atomic mass is 15.7. The van der Waals surface area contributed by atoms with E-state index in [4.69, 9.17) is 10.7 Å². The molecule has 1 aromatic rings. The number of nitrogens with zero attached hydrogens (tertiary/aromatic N) is 3. The summed E-state index contributed by atoms with van der Waals surface area (Å²) >= 11 is 0. The van der Waals surface area contributed by atoms with E-state index in [9.17, 15) is 0 Å². The first-order chi connectivity index (χ1) is 8.23. The zero-order valence-corrected chi connectivity index (χ0v) is 9.56. The smallest absolute Gasteiger partial charge is 0.223 e. The monoisotopic (exact) mass is 226 g/mol. The number of nitriles is 1. The maximum absolute atomic E-state index is 9.05. The van der Waals surface area contributed by atoms with Gasteiger partial charge in [0, 0.05) is 6.42 Å². The molecule has 0 saturated carbocycles. The molecule has 0 bridgehead atoms. The molecule has 1 fully saturated rings. The highest BCUT2D eigenvalue weighted by Gasteiger charge is 2.35. The normalized spacial score (nSPS) is 16.4. The molecule has 17 heavy (non-hydrogen) atoms. The summed E-state index contributed by atoms with van der Waals surface area (Å²) in [5.74, 6) is 0.383. The Hall–Kier alpha value is -2.12. The lowest BCUT2D eigenvalue weighted by Gasteiger charge is -2.53. The summed E-state index contributed by atoms with van der Waals surface area (Å²) in [6, 6.07) is 9.30. The van der Waals surface area contributed by atoms with E-state index < -0.39 is 0 Å². The molecule has 0 spiro atoms. The van der Waals surface area contributed by atoms with Gasteiger partial charge in [-0.25, -0.2) is 0 Å². The predicted molar refractivity (Wildman–Crippen MR) is 66.2 cm³/mol. The molecule has 0 unspecified atom stereocenters. The minimum atomic E-state index is 0.266. The van der Waals surface area contributed by atoms with Gasteiger partial charge >= 0.3 is 0 Å². The molecule has 1 aliphatic rings. The molecule has 1 aliphatic heterocycles. The largest absolute Gasteiger partial charge is 0.488 e. The van der Waals surface area contributed by atoms with E-state index in [2.05, 4.69) is 18.1 Å². The quantitative estimate of drug-likeness (QED) is 0.480. The molecule has 1 N–H and O–H groups in total. The van der Waals surface area contributed by atoms with Crippen LogP contribution < -0.4 is 0 Å². The molecule has 4 heteroatoms. The van der Waals surface area contributed by atoms with Gasteiger partial charge in [-0.3, -0.25) is 5.41 Å². The second-order valence-corrected chi connectivity index (χ2v) is 4.03. The van der Waals surface area contributed by atoms with Gasteiger partial charge in [0.25, 0.3) is 0 Å². The second-order valence-electron chi connectivity index (χ2n) is 4.03. The van der Waals surface area contributed by atoms with Crippen molar-refractivity contribution >= 4 is 5.84 Å². The van der Waals surface area contributed by atoms with Crippen molar-refractivity contribution in [2.24, 2.45) is 0 Å². The fourth-order valence-electron chi connectivity index (χ4n) is 2.02. The van der Waals surface area contributed by atoms with Gasteiger partial charge in [-0.05, 0) is 12.1 Å². The van der Waals surface area contributed by atoms with Crippen LogP contribution in [0.5, 0.6) is 0 Å². The first-order valence-corrected chi connectivity index (χ1v) is 5.52. The molecule has 1 heterocycles. The van der Waals surface area contributed by atoms with Gasteiger partial charge in [0.15, 0.2) is 0 Å². The molecular formula is C13H14N4. The first kappa shape index (κ1) is 11.4. The van der Waals surface area contributed by atoms with Crippen molar-refractivity contribution in [3.05, 3.63) is 53.6 Å². The van der Waals surface area contributed by atoms with Crippen LogP contribution in [0.25, 0.3) is 5.43 Å². The standard InChI is InChI=1S/C13H14N4/c1-2-16-17(8-5-9-17)13(15)12-7-4-3-6-11(12)10-14/h2-4,6-7,15H,1,5,8-9H2. The minimum Gasteiger partial charge on any atom is -0.488 e. The number of hydrogen-bond donors (Lipinski definition) is 1. The molecule has 1 saturated heterocycles.